The van der Waals surface area contributed by atoms with Crippen molar-refractivity contribution >= 4 is 21.5 Å². The van der Waals surface area contributed by atoms with Crippen LogP contribution in [0.15, 0.2) is 122 Å². The van der Waals surface area contributed by atoms with Gasteiger partial charge in [0.05, 0.1) is 0 Å². The van der Waals surface area contributed by atoms with Gasteiger partial charge in [-0.25, -0.2) is 0 Å². The van der Waals surface area contributed by atoms with Gasteiger partial charge in [0.15, 0.2) is 0 Å². The van der Waals surface area contributed by atoms with Gasteiger partial charge in [-0.05, 0) is 127 Å². The van der Waals surface area contributed by atoms with Gasteiger partial charge in [0.1, 0.15) is 0 Å². The number of fused-ring (bicyclic) bond motifs is 2. The standard InChI is InChI=1S/C33H41F5.C21H20/c1-24-12-15-26(16-13-24)28-19-17-27-23-25(2)14-18-29(27)30(28)11-8-6-5-7-9-20-31(3,4)21-10-22-32(34,35)33(36,37)38;1-4-5-21-19(17-9-6-15(2)7-10-17)13-11-18-14-16(3)8-12-20(18)21/h12-19,23H,5-11,20-22H2,1-4H3;4,6-14H,1,5H2,2-3H3. The summed E-state index contributed by atoms with van der Waals surface area (Å²) < 4.78 is 63.5. The molecule has 0 saturated carbocycles. The van der Waals surface area contributed by atoms with E-state index >= 15 is 0 Å². The van der Waals surface area contributed by atoms with E-state index in [2.05, 4.69) is 143 Å². The highest BCUT2D eigenvalue weighted by molar-refractivity contribution is 5.93. The van der Waals surface area contributed by atoms with E-state index < -0.39 is 18.5 Å². The van der Waals surface area contributed by atoms with Crippen LogP contribution in [0.3, 0.4) is 0 Å². The average Bonchev–Trinajstić information content (AvgIpc) is 3.18. The van der Waals surface area contributed by atoms with Crippen LogP contribution >= 0.6 is 0 Å². The fraction of sp³-hybridized carbons (Fsp3) is 0.370. The molecule has 0 fully saturated rings. The first-order chi connectivity index (χ1) is 28.0. The Hall–Kier alpha value is -4.77. The molecule has 0 aliphatic heterocycles. The maximum absolute atomic E-state index is 13.2. The van der Waals surface area contributed by atoms with Crippen molar-refractivity contribution in [2.45, 2.75) is 124 Å². The third-order valence-electron chi connectivity index (χ3n) is 11.7. The van der Waals surface area contributed by atoms with E-state index in [0.717, 1.165) is 51.4 Å². The van der Waals surface area contributed by atoms with Crippen LogP contribution in [0, 0.1) is 33.1 Å². The van der Waals surface area contributed by atoms with Gasteiger partial charge in [0.25, 0.3) is 0 Å². The molecule has 0 nitrogen and oxygen atoms in total. The quantitative estimate of drug-likeness (QED) is 0.0519. The third kappa shape index (κ3) is 12.4. The second kappa shape index (κ2) is 20.0. The summed E-state index contributed by atoms with van der Waals surface area (Å²) in [6, 6.07) is 39.7. The van der Waals surface area contributed by atoms with E-state index in [1.807, 2.05) is 19.9 Å². The lowest BCUT2D eigenvalue weighted by molar-refractivity contribution is -0.284. The number of aryl methyl sites for hydroxylation is 5. The molecule has 0 amide bonds. The highest BCUT2D eigenvalue weighted by Crippen LogP contribution is 2.41. The number of hydrogen-bond acceptors (Lipinski definition) is 0. The lowest BCUT2D eigenvalue weighted by Gasteiger charge is -2.26. The second-order valence-electron chi connectivity index (χ2n) is 17.3. The fourth-order valence-electron chi connectivity index (χ4n) is 8.16. The summed E-state index contributed by atoms with van der Waals surface area (Å²) in [5.74, 6) is -4.59. The van der Waals surface area contributed by atoms with Gasteiger partial charge in [0.2, 0.25) is 0 Å². The van der Waals surface area contributed by atoms with E-state index in [1.165, 1.54) is 77.2 Å². The van der Waals surface area contributed by atoms with Crippen LogP contribution in [0.1, 0.15) is 105 Å². The van der Waals surface area contributed by atoms with Gasteiger partial charge in [0, 0.05) is 6.42 Å². The first kappa shape index (κ1) is 45.3. The molecule has 6 rings (SSSR count). The van der Waals surface area contributed by atoms with E-state index in [0.29, 0.717) is 6.42 Å². The van der Waals surface area contributed by atoms with Crippen LogP contribution in [-0.2, 0) is 12.8 Å². The summed E-state index contributed by atoms with van der Waals surface area (Å²) in [7, 11) is 0. The zero-order chi connectivity index (χ0) is 42.8. The summed E-state index contributed by atoms with van der Waals surface area (Å²) in [5.41, 5.74) is 12.7. The van der Waals surface area contributed by atoms with Crippen molar-refractivity contribution in [1.82, 2.24) is 0 Å². The molecule has 0 unspecified atom stereocenters. The molecule has 0 aliphatic carbocycles. The van der Waals surface area contributed by atoms with E-state index in [-0.39, 0.29) is 11.8 Å². The number of hydrogen-bond donors (Lipinski definition) is 0. The number of unbranched alkanes of at least 4 members (excludes halogenated alkanes) is 4. The molecule has 0 aliphatic rings. The van der Waals surface area contributed by atoms with Crippen molar-refractivity contribution in [2.24, 2.45) is 5.41 Å². The van der Waals surface area contributed by atoms with Gasteiger partial charge in [-0.1, -0.05) is 177 Å². The molecule has 0 N–H and O–H groups in total. The molecule has 0 heterocycles. The average molecular weight is 805 g/mol. The molecule has 0 saturated heterocycles. The normalized spacial score (nSPS) is 12.1. The molecule has 0 bridgehead atoms. The third-order valence-corrected chi connectivity index (χ3v) is 11.7. The van der Waals surface area contributed by atoms with Gasteiger partial charge in [-0.15, -0.1) is 6.58 Å². The molecule has 59 heavy (non-hydrogen) atoms. The Morgan fingerprint density at radius 3 is 1.42 bits per heavy atom. The summed E-state index contributed by atoms with van der Waals surface area (Å²) in [6.45, 7) is 16.3. The van der Waals surface area contributed by atoms with Crippen LogP contribution < -0.4 is 0 Å². The second-order valence-corrected chi connectivity index (χ2v) is 17.3. The number of allylic oxidation sites excluding steroid dienone is 1. The topological polar surface area (TPSA) is 0 Å². The van der Waals surface area contributed by atoms with Gasteiger partial charge in [-0.3, -0.25) is 0 Å². The monoisotopic (exact) mass is 804 g/mol. The predicted octanol–water partition coefficient (Wildman–Crippen LogP) is 17.3. The van der Waals surface area contributed by atoms with Crippen molar-refractivity contribution in [3.05, 3.63) is 155 Å². The van der Waals surface area contributed by atoms with Crippen LogP contribution in [-0.4, -0.2) is 12.1 Å². The Morgan fingerprint density at radius 2 is 0.915 bits per heavy atom. The molecule has 0 radical (unpaired) electrons. The number of alkyl halides is 5. The maximum Gasteiger partial charge on any atom is 0.453 e. The van der Waals surface area contributed by atoms with Crippen molar-refractivity contribution in [3.8, 4) is 22.3 Å². The summed E-state index contributed by atoms with van der Waals surface area (Å²) in [4.78, 5) is 0. The Morgan fingerprint density at radius 1 is 0.475 bits per heavy atom. The molecule has 6 aromatic carbocycles. The predicted molar refractivity (Wildman–Crippen MR) is 242 cm³/mol. The zero-order valence-corrected chi connectivity index (χ0v) is 35.8. The van der Waals surface area contributed by atoms with E-state index in [1.54, 1.807) is 0 Å². The van der Waals surface area contributed by atoms with Crippen molar-refractivity contribution in [3.63, 3.8) is 0 Å². The molecule has 0 spiro atoms. The number of benzene rings is 6. The van der Waals surface area contributed by atoms with Crippen molar-refractivity contribution in [1.29, 1.82) is 0 Å². The van der Waals surface area contributed by atoms with Gasteiger partial charge >= 0.3 is 12.1 Å². The number of rotatable bonds is 16. The van der Waals surface area contributed by atoms with Crippen LogP contribution in [0.4, 0.5) is 22.0 Å². The Bertz CT molecular complexity index is 2290. The molecule has 0 atom stereocenters. The molecular formula is C54H61F5. The van der Waals surface area contributed by atoms with E-state index in [4.69, 9.17) is 0 Å². The first-order valence-electron chi connectivity index (χ1n) is 21.2. The summed E-state index contributed by atoms with van der Waals surface area (Å²) in [5, 5.41) is 5.22. The van der Waals surface area contributed by atoms with Crippen molar-refractivity contribution < 1.29 is 22.0 Å². The van der Waals surface area contributed by atoms with E-state index in [9.17, 15) is 22.0 Å². The molecule has 6 aromatic rings. The smallest absolute Gasteiger partial charge is 0.196 e. The zero-order valence-electron chi connectivity index (χ0n) is 35.8. The lowest BCUT2D eigenvalue weighted by Crippen LogP contribution is -2.36. The Kier molecular flexibility index (Phi) is 15.4. The molecule has 312 valence electrons. The van der Waals surface area contributed by atoms with Crippen molar-refractivity contribution in [2.75, 3.05) is 0 Å². The SMILES string of the molecule is C=CCc1c(-c2ccc(C)cc2)ccc2cc(C)ccc12.Cc1ccc(-c2ccc3cc(C)ccc3c2CCCCCCCC(C)(C)CCCC(F)(F)C(F)(F)F)cc1. The van der Waals surface area contributed by atoms with Crippen LogP contribution in [0.25, 0.3) is 43.8 Å². The largest absolute Gasteiger partial charge is 0.453 e. The molecule has 0 aromatic heterocycles. The van der Waals surface area contributed by atoms with Gasteiger partial charge in [-0.2, -0.15) is 22.0 Å². The highest BCUT2D eigenvalue weighted by atomic mass is 19.4. The molecule has 5 heteroatoms. The minimum Gasteiger partial charge on any atom is -0.196 e. The minimum atomic E-state index is -5.46. The fourth-order valence-corrected chi connectivity index (χ4v) is 8.16. The number of halogens is 5. The van der Waals surface area contributed by atoms with Crippen LogP contribution in [0.5, 0.6) is 0 Å². The maximum atomic E-state index is 13.2. The highest BCUT2D eigenvalue weighted by Gasteiger charge is 2.56. The summed E-state index contributed by atoms with van der Waals surface area (Å²) >= 11 is 0. The minimum absolute atomic E-state index is 0.118. The van der Waals surface area contributed by atoms with Crippen LogP contribution in [0.2, 0.25) is 0 Å². The first-order valence-corrected chi connectivity index (χ1v) is 21.2. The lowest BCUT2D eigenvalue weighted by atomic mass is 9.81. The Balaban J connectivity index is 0.000000264. The molecular weight excluding hydrogens is 744 g/mol. The van der Waals surface area contributed by atoms with Gasteiger partial charge < -0.3 is 0 Å². The summed E-state index contributed by atoms with van der Waals surface area (Å²) in [6.07, 6.45) is 3.69. The Labute approximate surface area is 349 Å².